The van der Waals surface area contributed by atoms with Gasteiger partial charge in [0, 0.05) is 19.7 Å². The fraction of sp³-hybridized carbons (Fsp3) is 0.412. The van der Waals surface area contributed by atoms with Crippen molar-refractivity contribution in [3.05, 3.63) is 42.1 Å². The van der Waals surface area contributed by atoms with E-state index in [-0.39, 0.29) is 18.1 Å². The molecular weight excluding hydrogens is 294 g/mol. The maximum absolute atomic E-state index is 12.6. The van der Waals surface area contributed by atoms with Crippen molar-refractivity contribution in [1.82, 2.24) is 15.1 Å². The zero-order valence-corrected chi connectivity index (χ0v) is 13.3. The van der Waals surface area contributed by atoms with Gasteiger partial charge in [0.25, 0.3) is 5.91 Å². The highest BCUT2D eigenvalue weighted by Crippen LogP contribution is 2.27. The van der Waals surface area contributed by atoms with E-state index in [0.29, 0.717) is 5.69 Å². The first-order valence-electron chi connectivity index (χ1n) is 7.70. The molecular formula is C17H21N3O3. The third-order valence-corrected chi connectivity index (χ3v) is 4.52. The third kappa shape index (κ3) is 3.00. The molecule has 1 aromatic carbocycles. The van der Waals surface area contributed by atoms with Crippen LogP contribution in [-0.2, 0) is 4.74 Å². The molecule has 0 saturated heterocycles. The van der Waals surface area contributed by atoms with Gasteiger partial charge in [-0.1, -0.05) is 30.3 Å². The highest BCUT2D eigenvalue weighted by atomic mass is 16.5. The van der Waals surface area contributed by atoms with Crippen molar-refractivity contribution in [3.8, 4) is 11.3 Å². The minimum atomic E-state index is -0.662. The van der Waals surface area contributed by atoms with Gasteiger partial charge in [-0.05, 0) is 18.9 Å². The summed E-state index contributed by atoms with van der Waals surface area (Å²) >= 11 is 0. The highest BCUT2D eigenvalue weighted by Gasteiger charge is 2.39. The maximum Gasteiger partial charge on any atom is 0.271 e. The van der Waals surface area contributed by atoms with E-state index in [1.807, 2.05) is 30.3 Å². The van der Waals surface area contributed by atoms with E-state index in [1.54, 1.807) is 25.1 Å². The van der Waals surface area contributed by atoms with Gasteiger partial charge in [-0.25, -0.2) is 0 Å². The molecule has 6 nitrogen and oxygen atoms in total. The first kappa shape index (κ1) is 15.7. The summed E-state index contributed by atoms with van der Waals surface area (Å²) in [5, 5.41) is 17.3. The van der Waals surface area contributed by atoms with E-state index in [2.05, 4.69) is 10.2 Å². The number of hydrogen-bond donors (Lipinski definition) is 2. The number of methoxy groups -OCH3 is 1. The molecule has 0 radical (unpaired) electrons. The van der Waals surface area contributed by atoms with Crippen LogP contribution in [0.2, 0.25) is 0 Å². The Morgan fingerprint density at radius 3 is 2.74 bits per heavy atom. The summed E-state index contributed by atoms with van der Waals surface area (Å²) in [5.41, 5.74) is 2.09. The van der Waals surface area contributed by atoms with Crippen LogP contribution < -0.4 is 0 Å². The average Bonchev–Trinajstić information content (AvgIpc) is 3.21. The summed E-state index contributed by atoms with van der Waals surface area (Å²) in [6.07, 6.45) is 0.599. The van der Waals surface area contributed by atoms with Gasteiger partial charge in [-0.15, -0.1) is 0 Å². The number of ether oxygens (including phenoxy) is 1. The number of aliphatic hydroxyl groups excluding tert-OH is 1. The monoisotopic (exact) mass is 315 g/mol. The molecule has 1 fully saturated rings. The minimum absolute atomic E-state index is 0.180. The fourth-order valence-corrected chi connectivity index (χ4v) is 3.13. The van der Waals surface area contributed by atoms with Crippen molar-refractivity contribution in [2.45, 2.75) is 31.1 Å². The summed E-state index contributed by atoms with van der Waals surface area (Å²) in [6.45, 7) is 0. The van der Waals surface area contributed by atoms with E-state index in [9.17, 15) is 9.90 Å². The number of benzene rings is 1. The van der Waals surface area contributed by atoms with Gasteiger partial charge < -0.3 is 14.7 Å². The lowest BCUT2D eigenvalue weighted by atomic mass is 10.1. The van der Waals surface area contributed by atoms with Crippen LogP contribution in [0.5, 0.6) is 0 Å². The second kappa shape index (κ2) is 6.52. The third-order valence-electron chi connectivity index (χ3n) is 4.52. The Balaban J connectivity index is 1.75. The van der Waals surface area contributed by atoms with Gasteiger partial charge in [0.15, 0.2) is 0 Å². The van der Waals surface area contributed by atoms with Crippen LogP contribution >= 0.6 is 0 Å². The first-order valence-corrected chi connectivity index (χ1v) is 7.70. The second-order valence-corrected chi connectivity index (χ2v) is 5.86. The van der Waals surface area contributed by atoms with Gasteiger partial charge in [0.1, 0.15) is 11.8 Å². The lowest BCUT2D eigenvalue weighted by Gasteiger charge is -2.27. The second-order valence-electron chi connectivity index (χ2n) is 5.86. The van der Waals surface area contributed by atoms with Crippen molar-refractivity contribution >= 4 is 5.91 Å². The number of amides is 1. The normalized spacial score (nSPS) is 23.9. The molecule has 0 aliphatic heterocycles. The average molecular weight is 315 g/mol. The predicted octanol–water partition coefficient (Wildman–Crippen LogP) is 1.69. The Hall–Kier alpha value is -2.18. The zero-order chi connectivity index (χ0) is 16.4. The standard InChI is InChI=1S/C17H21N3O3/c1-20(14-8-9-15(23-2)16(14)21)17(22)13-10-12(18-19-13)11-6-4-3-5-7-11/h3-7,10,14-16,21H,8-9H2,1-2H3,(H,18,19)/t14-,15-,16-/m1/s1. The molecule has 1 aliphatic rings. The number of nitrogens with one attached hydrogen (secondary N) is 1. The zero-order valence-electron chi connectivity index (χ0n) is 13.3. The smallest absolute Gasteiger partial charge is 0.271 e. The molecule has 1 saturated carbocycles. The Morgan fingerprint density at radius 2 is 2.09 bits per heavy atom. The Morgan fingerprint density at radius 1 is 1.35 bits per heavy atom. The van der Waals surface area contributed by atoms with Crippen LogP contribution in [0.25, 0.3) is 11.3 Å². The molecule has 1 aliphatic carbocycles. The van der Waals surface area contributed by atoms with Crippen molar-refractivity contribution in [2.75, 3.05) is 14.2 Å². The van der Waals surface area contributed by atoms with E-state index >= 15 is 0 Å². The van der Waals surface area contributed by atoms with Crippen LogP contribution in [0.4, 0.5) is 0 Å². The van der Waals surface area contributed by atoms with E-state index in [0.717, 1.165) is 24.1 Å². The van der Waals surface area contributed by atoms with Gasteiger partial charge in [0.05, 0.1) is 17.8 Å². The van der Waals surface area contributed by atoms with Gasteiger partial charge in [-0.3, -0.25) is 9.89 Å². The lowest BCUT2D eigenvalue weighted by molar-refractivity contribution is -0.0157. The molecule has 23 heavy (non-hydrogen) atoms. The lowest BCUT2D eigenvalue weighted by Crippen LogP contribution is -2.44. The summed E-state index contributed by atoms with van der Waals surface area (Å²) in [4.78, 5) is 14.2. The summed E-state index contributed by atoms with van der Waals surface area (Å²) in [6, 6.07) is 11.2. The molecule has 0 bridgehead atoms. The molecule has 0 spiro atoms. The number of aromatic nitrogens is 2. The summed E-state index contributed by atoms with van der Waals surface area (Å²) in [7, 11) is 3.29. The number of hydrogen-bond acceptors (Lipinski definition) is 4. The molecule has 1 amide bonds. The van der Waals surface area contributed by atoms with E-state index in [1.165, 1.54) is 0 Å². The summed E-state index contributed by atoms with van der Waals surface area (Å²) < 4.78 is 5.24. The van der Waals surface area contributed by atoms with Crippen molar-refractivity contribution in [2.24, 2.45) is 0 Å². The van der Waals surface area contributed by atoms with Crippen molar-refractivity contribution < 1.29 is 14.6 Å². The molecule has 3 rings (SSSR count). The Labute approximate surface area is 135 Å². The van der Waals surface area contributed by atoms with E-state index in [4.69, 9.17) is 4.74 Å². The van der Waals surface area contributed by atoms with Crippen molar-refractivity contribution in [3.63, 3.8) is 0 Å². The number of nitrogens with zero attached hydrogens (tertiary/aromatic N) is 2. The molecule has 1 heterocycles. The van der Waals surface area contributed by atoms with Crippen LogP contribution in [0.1, 0.15) is 23.3 Å². The van der Waals surface area contributed by atoms with Crippen molar-refractivity contribution in [1.29, 1.82) is 0 Å². The number of carbonyl (C=O) groups is 1. The fourth-order valence-electron chi connectivity index (χ4n) is 3.13. The number of aliphatic hydroxyl groups is 1. The number of rotatable bonds is 4. The quantitative estimate of drug-likeness (QED) is 0.900. The number of likely N-dealkylation sites (N-methyl/N-ethyl adjacent to an activating group) is 1. The van der Waals surface area contributed by atoms with Crippen LogP contribution in [0, 0.1) is 0 Å². The van der Waals surface area contributed by atoms with E-state index < -0.39 is 6.10 Å². The number of aromatic amines is 1. The molecule has 2 N–H and O–H groups in total. The van der Waals surface area contributed by atoms with Crippen LogP contribution in [-0.4, -0.2) is 58.5 Å². The van der Waals surface area contributed by atoms with Gasteiger partial charge in [-0.2, -0.15) is 5.10 Å². The van der Waals surface area contributed by atoms with Gasteiger partial charge >= 0.3 is 0 Å². The maximum atomic E-state index is 12.6. The minimum Gasteiger partial charge on any atom is -0.388 e. The Kier molecular flexibility index (Phi) is 4.45. The molecule has 3 atom stereocenters. The first-order chi connectivity index (χ1) is 11.1. The highest BCUT2D eigenvalue weighted by molar-refractivity contribution is 5.93. The number of H-pyrrole nitrogens is 1. The van der Waals surface area contributed by atoms with Crippen LogP contribution in [0.15, 0.2) is 36.4 Å². The topological polar surface area (TPSA) is 78.5 Å². The molecule has 2 aromatic rings. The molecule has 6 heteroatoms. The molecule has 0 unspecified atom stereocenters. The van der Waals surface area contributed by atoms with Gasteiger partial charge in [0.2, 0.25) is 0 Å². The predicted molar refractivity (Wildman–Crippen MR) is 85.9 cm³/mol. The summed E-state index contributed by atoms with van der Waals surface area (Å²) in [5.74, 6) is -0.180. The van der Waals surface area contributed by atoms with Crippen LogP contribution in [0.3, 0.4) is 0 Å². The number of carbonyl (C=O) groups excluding carboxylic acids is 1. The SMILES string of the molecule is CO[C@@H]1CC[C@@H](N(C)C(=O)c2cc(-c3ccccc3)n[nH]2)[C@H]1O. The largest absolute Gasteiger partial charge is 0.388 e. The molecule has 122 valence electrons. The molecule has 1 aromatic heterocycles. The Bertz CT molecular complexity index is 671.